The quantitative estimate of drug-likeness (QED) is 0.473. The number of esters is 1. The van der Waals surface area contributed by atoms with Gasteiger partial charge in [-0.3, -0.25) is 14.9 Å². The smallest absolute Gasteiger partial charge is 0.325 e. The third-order valence-electron chi connectivity index (χ3n) is 2.19. The maximum Gasteiger partial charge on any atom is 0.325 e. The van der Waals surface area contributed by atoms with Crippen LogP contribution in [-0.2, 0) is 9.53 Å². The maximum atomic E-state index is 11.0. The Labute approximate surface area is 103 Å². The number of pyridine rings is 1. The predicted molar refractivity (Wildman–Crippen MR) is 62.7 cm³/mol. The molecule has 1 N–H and O–H groups in total. The summed E-state index contributed by atoms with van der Waals surface area (Å²) < 4.78 is 9.37. The van der Waals surface area contributed by atoms with Crippen molar-refractivity contribution in [3.8, 4) is 5.75 Å². The molecular formula is C10H13N3O5. The van der Waals surface area contributed by atoms with E-state index in [0.717, 1.165) is 0 Å². The van der Waals surface area contributed by atoms with Gasteiger partial charge in [0.15, 0.2) is 0 Å². The Balaban J connectivity index is 3.05. The molecule has 1 aromatic heterocycles. The minimum atomic E-state index is -0.603. The van der Waals surface area contributed by atoms with Crippen LogP contribution in [0.4, 0.5) is 11.5 Å². The molecule has 0 aliphatic rings. The van der Waals surface area contributed by atoms with Crippen LogP contribution in [0.2, 0.25) is 0 Å². The molecule has 18 heavy (non-hydrogen) atoms. The Bertz CT molecular complexity index is 475. The highest BCUT2D eigenvalue weighted by Crippen LogP contribution is 2.28. The fraction of sp³-hybridized carbons (Fsp3) is 0.400. The molecule has 1 aromatic rings. The van der Waals surface area contributed by atoms with Gasteiger partial charge in [-0.25, -0.2) is 4.98 Å². The summed E-state index contributed by atoms with van der Waals surface area (Å²) in [6, 6.07) is 1.25. The zero-order chi connectivity index (χ0) is 13.7. The summed E-state index contributed by atoms with van der Waals surface area (Å²) in [5, 5.41) is 13.4. The van der Waals surface area contributed by atoms with Gasteiger partial charge >= 0.3 is 11.7 Å². The lowest BCUT2D eigenvalue weighted by molar-refractivity contribution is -0.384. The van der Waals surface area contributed by atoms with Crippen molar-refractivity contribution < 1.29 is 19.2 Å². The first kappa shape index (κ1) is 13.7. The topological polar surface area (TPSA) is 104 Å². The molecule has 0 spiro atoms. The van der Waals surface area contributed by atoms with Crippen molar-refractivity contribution >= 4 is 17.5 Å². The van der Waals surface area contributed by atoms with E-state index in [1.54, 1.807) is 6.92 Å². The lowest BCUT2D eigenvalue weighted by Gasteiger charge is -2.08. The number of carbonyl (C=O) groups excluding carboxylic acids is 1. The van der Waals surface area contributed by atoms with Gasteiger partial charge in [0.1, 0.15) is 12.3 Å². The molecule has 0 aliphatic heterocycles. The molecule has 0 aromatic carbocycles. The number of anilines is 1. The van der Waals surface area contributed by atoms with Crippen LogP contribution in [0.1, 0.15) is 5.69 Å². The third-order valence-corrected chi connectivity index (χ3v) is 2.19. The summed E-state index contributed by atoms with van der Waals surface area (Å²) in [4.78, 5) is 25.2. The first-order chi connectivity index (χ1) is 8.49. The summed E-state index contributed by atoms with van der Waals surface area (Å²) in [5.74, 6) is -0.228. The summed E-state index contributed by atoms with van der Waals surface area (Å²) >= 11 is 0. The highest BCUT2D eigenvalue weighted by atomic mass is 16.6. The highest BCUT2D eigenvalue weighted by Gasteiger charge is 2.19. The van der Waals surface area contributed by atoms with Gasteiger partial charge in [0.25, 0.3) is 0 Å². The van der Waals surface area contributed by atoms with Crippen LogP contribution in [0.5, 0.6) is 5.75 Å². The number of methoxy groups -OCH3 is 2. The van der Waals surface area contributed by atoms with E-state index < -0.39 is 10.9 Å². The van der Waals surface area contributed by atoms with Crippen molar-refractivity contribution in [2.75, 3.05) is 26.1 Å². The molecular weight excluding hydrogens is 242 g/mol. The molecule has 98 valence electrons. The Kier molecular flexibility index (Phi) is 4.41. The second-order valence-electron chi connectivity index (χ2n) is 3.33. The van der Waals surface area contributed by atoms with E-state index in [0.29, 0.717) is 11.4 Å². The standard InChI is InChI=1S/C10H13N3O5/c1-6-8(17-2)4-7(13(15)16)10(12-6)11-5-9(14)18-3/h4H,5H2,1-3H3,(H,11,12). The Morgan fingerprint density at radius 1 is 1.56 bits per heavy atom. The van der Waals surface area contributed by atoms with Crippen molar-refractivity contribution in [1.82, 2.24) is 4.98 Å². The molecule has 1 heterocycles. The van der Waals surface area contributed by atoms with Crippen LogP contribution in [0, 0.1) is 17.0 Å². The van der Waals surface area contributed by atoms with Gasteiger partial charge in [-0.05, 0) is 6.92 Å². The Morgan fingerprint density at radius 3 is 2.72 bits per heavy atom. The zero-order valence-corrected chi connectivity index (χ0v) is 10.2. The molecule has 8 nitrogen and oxygen atoms in total. The summed E-state index contributed by atoms with van der Waals surface area (Å²) in [5.41, 5.74) is 0.219. The van der Waals surface area contributed by atoms with Crippen LogP contribution in [0.25, 0.3) is 0 Å². The van der Waals surface area contributed by atoms with Gasteiger partial charge in [0.05, 0.1) is 30.9 Å². The fourth-order valence-electron chi connectivity index (χ4n) is 1.28. The molecule has 0 radical (unpaired) electrons. The predicted octanol–water partition coefficient (Wildman–Crippen LogP) is 0.892. The number of aryl methyl sites for hydroxylation is 1. The number of carbonyl (C=O) groups is 1. The summed E-state index contributed by atoms with van der Waals surface area (Å²) in [6.45, 7) is 1.45. The van der Waals surface area contributed by atoms with Crippen molar-refractivity contribution in [2.45, 2.75) is 6.92 Å². The van der Waals surface area contributed by atoms with E-state index in [1.165, 1.54) is 20.3 Å². The average molecular weight is 255 g/mol. The number of nitrogens with one attached hydrogen (secondary N) is 1. The zero-order valence-electron chi connectivity index (χ0n) is 10.2. The Hall–Kier alpha value is -2.38. The monoisotopic (exact) mass is 255 g/mol. The summed E-state index contributed by atoms with van der Waals surface area (Å²) in [7, 11) is 2.63. The summed E-state index contributed by atoms with van der Waals surface area (Å²) in [6.07, 6.45) is 0. The number of aromatic nitrogens is 1. The average Bonchev–Trinajstić information content (AvgIpc) is 2.35. The fourth-order valence-corrected chi connectivity index (χ4v) is 1.28. The number of nitrogens with zero attached hydrogens (tertiary/aromatic N) is 2. The second kappa shape index (κ2) is 5.80. The molecule has 0 saturated carbocycles. The van der Waals surface area contributed by atoms with Crippen LogP contribution in [0.3, 0.4) is 0 Å². The SMILES string of the molecule is COC(=O)CNc1nc(C)c(OC)cc1[N+](=O)[O-]. The van der Waals surface area contributed by atoms with Gasteiger partial charge in [0.2, 0.25) is 5.82 Å². The number of hydrogen-bond donors (Lipinski definition) is 1. The van der Waals surface area contributed by atoms with Gasteiger partial charge in [0, 0.05) is 0 Å². The van der Waals surface area contributed by atoms with Gasteiger partial charge in [-0.2, -0.15) is 0 Å². The van der Waals surface area contributed by atoms with E-state index in [-0.39, 0.29) is 18.1 Å². The molecule has 0 fully saturated rings. The molecule has 0 aliphatic carbocycles. The molecule has 0 amide bonds. The van der Waals surface area contributed by atoms with E-state index in [2.05, 4.69) is 15.0 Å². The van der Waals surface area contributed by atoms with Crippen molar-refractivity contribution in [3.63, 3.8) is 0 Å². The first-order valence-electron chi connectivity index (χ1n) is 5.00. The van der Waals surface area contributed by atoms with Crippen LogP contribution < -0.4 is 10.1 Å². The normalized spacial score (nSPS) is 9.72. The minimum Gasteiger partial charge on any atom is -0.495 e. The van der Waals surface area contributed by atoms with Crippen molar-refractivity contribution in [3.05, 3.63) is 21.9 Å². The van der Waals surface area contributed by atoms with E-state index in [9.17, 15) is 14.9 Å². The molecule has 0 unspecified atom stereocenters. The lowest BCUT2D eigenvalue weighted by atomic mass is 10.3. The molecule has 0 atom stereocenters. The maximum absolute atomic E-state index is 11.0. The van der Waals surface area contributed by atoms with E-state index in [1.807, 2.05) is 0 Å². The van der Waals surface area contributed by atoms with Crippen LogP contribution in [-0.4, -0.2) is 36.6 Å². The molecule has 0 saturated heterocycles. The van der Waals surface area contributed by atoms with Crippen LogP contribution in [0.15, 0.2) is 6.07 Å². The third kappa shape index (κ3) is 3.06. The molecule has 0 bridgehead atoms. The van der Waals surface area contributed by atoms with Gasteiger partial charge < -0.3 is 14.8 Å². The largest absolute Gasteiger partial charge is 0.495 e. The molecule has 8 heteroatoms. The first-order valence-corrected chi connectivity index (χ1v) is 5.00. The number of hydrogen-bond acceptors (Lipinski definition) is 7. The van der Waals surface area contributed by atoms with Gasteiger partial charge in [-0.15, -0.1) is 0 Å². The Morgan fingerprint density at radius 2 is 2.22 bits per heavy atom. The number of nitro groups is 1. The van der Waals surface area contributed by atoms with Crippen molar-refractivity contribution in [1.29, 1.82) is 0 Å². The second-order valence-corrected chi connectivity index (χ2v) is 3.33. The molecule has 1 rings (SSSR count). The number of ether oxygens (including phenoxy) is 2. The number of rotatable bonds is 5. The van der Waals surface area contributed by atoms with Crippen LogP contribution >= 0.6 is 0 Å². The lowest BCUT2D eigenvalue weighted by Crippen LogP contribution is -2.17. The minimum absolute atomic E-state index is 0.00343. The van der Waals surface area contributed by atoms with Gasteiger partial charge in [-0.1, -0.05) is 0 Å². The highest BCUT2D eigenvalue weighted by molar-refractivity contribution is 5.75. The van der Waals surface area contributed by atoms with Crippen molar-refractivity contribution in [2.24, 2.45) is 0 Å². The van der Waals surface area contributed by atoms with E-state index >= 15 is 0 Å². The van der Waals surface area contributed by atoms with E-state index in [4.69, 9.17) is 4.74 Å².